The molecule has 0 bridgehead atoms. The van der Waals surface area contributed by atoms with Gasteiger partial charge >= 0.3 is 11.9 Å². The summed E-state index contributed by atoms with van der Waals surface area (Å²) in [6, 6.07) is 0. The smallest absolute Gasteiger partial charge is 0.303 e. The summed E-state index contributed by atoms with van der Waals surface area (Å²) in [5.41, 5.74) is -3.53. The molecule has 0 saturated carbocycles. The van der Waals surface area contributed by atoms with Crippen LogP contribution in [0.3, 0.4) is 0 Å². The van der Waals surface area contributed by atoms with Crippen molar-refractivity contribution < 1.29 is 38.7 Å². The second kappa shape index (κ2) is 9.57. The molecule has 8 heteroatoms. The van der Waals surface area contributed by atoms with Crippen LogP contribution >= 0.6 is 0 Å². The van der Waals surface area contributed by atoms with Crippen LogP contribution < -0.4 is 0 Å². The van der Waals surface area contributed by atoms with Gasteiger partial charge in [0.1, 0.15) is 23.4 Å². The molecule has 8 nitrogen and oxygen atoms in total. The largest absolute Gasteiger partial charge is 0.459 e. The van der Waals surface area contributed by atoms with E-state index in [9.17, 15) is 19.8 Å². The van der Waals surface area contributed by atoms with Crippen LogP contribution in [0.5, 0.6) is 0 Å². The van der Waals surface area contributed by atoms with Crippen molar-refractivity contribution in [2.75, 3.05) is 0 Å². The van der Waals surface area contributed by atoms with Gasteiger partial charge < -0.3 is 29.2 Å². The molecule has 2 N–H and O–H groups in total. The summed E-state index contributed by atoms with van der Waals surface area (Å²) < 4.78 is 23.7. The Morgan fingerprint density at radius 3 is 1.38 bits per heavy atom. The number of hydrogen-bond donors (Lipinski definition) is 2. The van der Waals surface area contributed by atoms with Crippen LogP contribution in [0.1, 0.15) is 93.9 Å². The normalized spacial score (nSPS) is 33.1. The summed E-state index contributed by atoms with van der Waals surface area (Å²) in [7, 11) is 0. The molecule has 0 aromatic carbocycles. The van der Waals surface area contributed by atoms with E-state index >= 15 is 0 Å². The lowest BCUT2D eigenvalue weighted by Gasteiger charge is -2.38. The van der Waals surface area contributed by atoms with Crippen LogP contribution in [0.15, 0.2) is 0 Å². The molecule has 2 aliphatic rings. The third-order valence-electron chi connectivity index (χ3n) is 6.87. The lowest BCUT2D eigenvalue weighted by molar-refractivity contribution is -0.191. The molecule has 2 heterocycles. The van der Waals surface area contributed by atoms with Crippen molar-refractivity contribution in [3.8, 4) is 0 Å². The topological polar surface area (TPSA) is 112 Å². The summed E-state index contributed by atoms with van der Waals surface area (Å²) >= 11 is 0. The first-order valence-corrected chi connectivity index (χ1v) is 11.6. The predicted octanol–water partition coefficient (Wildman–Crippen LogP) is 3.05. The molecule has 186 valence electrons. The van der Waals surface area contributed by atoms with Crippen molar-refractivity contribution >= 4 is 11.9 Å². The van der Waals surface area contributed by atoms with Crippen LogP contribution in [-0.4, -0.2) is 69.0 Å². The van der Waals surface area contributed by atoms with Crippen LogP contribution in [-0.2, 0) is 28.5 Å². The van der Waals surface area contributed by atoms with Gasteiger partial charge in [0.25, 0.3) is 0 Å². The van der Waals surface area contributed by atoms with Crippen molar-refractivity contribution in [3.05, 3.63) is 0 Å². The Morgan fingerprint density at radius 2 is 1.16 bits per heavy atom. The standard InChI is InChI=1S/C24H42O8/c1-15(25)29-19(23(7)13-11-17(31-23)21(3,4)27)9-10-20(30-16(2)26)24(8)14-12-18(32-24)22(5,6)28/h17-20,27-28H,9-14H2,1-8H3/t17-,18-,19-,20-,23-,24+/m1/s1. The van der Waals surface area contributed by atoms with E-state index in [4.69, 9.17) is 18.9 Å². The van der Waals surface area contributed by atoms with Gasteiger partial charge in [-0.3, -0.25) is 9.59 Å². The number of rotatable bonds is 9. The average molecular weight is 459 g/mol. The van der Waals surface area contributed by atoms with E-state index in [1.54, 1.807) is 27.7 Å². The molecule has 2 fully saturated rings. The van der Waals surface area contributed by atoms with Crippen LogP contribution in [0.2, 0.25) is 0 Å². The summed E-state index contributed by atoms with van der Waals surface area (Å²) in [5, 5.41) is 20.7. The first kappa shape index (κ1) is 27.0. The third-order valence-corrected chi connectivity index (χ3v) is 6.87. The SMILES string of the molecule is CC(=O)O[C@H](CC[C@@H](OC(C)=O)[C@]1(C)CC[C@H](C(C)(C)O)O1)[C@@]1(C)CC[C@H](C(C)(C)O)O1. The molecular formula is C24H42O8. The lowest BCUT2D eigenvalue weighted by atomic mass is 9.86. The van der Waals surface area contributed by atoms with Gasteiger partial charge in [-0.15, -0.1) is 0 Å². The summed E-state index contributed by atoms with van der Waals surface area (Å²) in [5.74, 6) is -0.831. The summed E-state index contributed by atoms with van der Waals surface area (Å²) in [4.78, 5) is 23.7. The van der Waals surface area contributed by atoms with Gasteiger partial charge in [-0.2, -0.15) is 0 Å². The molecule has 2 aliphatic heterocycles. The van der Waals surface area contributed by atoms with Gasteiger partial charge in [0.05, 0.1) is 23.4 Å². The highest BCUT2D eigenvalue weighted by Gasteiger charge is 2.51. The average Bonchev–Trinajstić information content (AvgIpc) is 3.21. The van der Waals surface area contributed by atoms with Gasteiger partial charge in [0.15, 0.2) is 0 Å². The zero-order valence-corrected chi connectivity index (χ0v) is 20.9. The van der Waals surface area contributed by atoms with Gasteiger partial charge in [-0.1, -0.05) is 0 Å². The van der Waals surface area contributed by atoms with Gasteiger partial charge in [0, 0.05) is 13.8 Å². The molecule has 0 amide bonds. The van der Waals surface area contributed by atoms with Crippen molar-refractivity contribution in [1.82, 2.24) is 0 Å². The minimum Gasteiger partial charge on any atom is -0.459 e. The van der Waals surface area contributed by atoms with Crippen molar-refractivity contribution in [2.45, 2.75) is 141 Å². The highest BCUT2D eigenvalue weighted by atomic mass is 16.6. The summed E-state index contributed by atoms with van der Waals surface area (Å²) in [6.07, 6.45) is 1.51. The van der Waals surface area contributed by atoms with Gasteiger partial charge in [0.2, 0.25) is 0 Å². The fraction of sp³-hybridized carbons (Fsp3) is 0.917. The Labute approximate surface area is 191 Å². The van der Waals surface area contributed by atoms with E-state index in [1.165, 1.54) is 13.8 Å². The van der Waals surface area contributed by atoms with Crippen molar-refractivity contribution in [2.24, 2.45) is 0 Å². The highest BCUT2D eigenvalue weighted by molar-refractivity contribution is 5.66. The molecule has 0 aromatic heterocycles. The Bertz CT molecular complexity index is 620. The quantitative estimate of drug-likeness (QED) is 0.507. The van der Waals surface area contributed by atoms with E-state index in [0.29, 0.717) is 38.5 Å². The molecule has 0 radical (unpaired) electrons. The van der Waals surface area contributed by atoms with Crippen LogP contribution in [0.4, 0.5) is 0 Å². The van der Waals surface area contributed by atoms with Crippen LogP contribution in [0, 0.1) is 0 Å². The zero-order valence-electron chi connectivity index (χ0n) is 20.9. The van der Waals surface area contributed by atoms with Gasteiger partial charge in [-0.25, -0.2) is 0 Å². The molecule has 0 unspecified atom stereocenters. The maximum absolute atomic E-state index is 11.9. The second-order valence-corrected chi connectivity index (χ2v) is 11.0. The van der Waals surface area contributed by atoms with E-state index in [0.717, 1.165) is 0 Å². The third kappa shape index (κ3) is 6.65. The monoisotopic (exact) mass is 458 g/mol. The number of aliphatic hydroxyl groups is 2. The van der Waals surface area contributed by atoms with E-state index in [1.807, 2.05) is 13.8 Å². The Balaban J connectivity index is 2.17. The minimum atomic E-state index is -1.00. The van der Waals surface area contributed by atoms with E-state index < -0.39 is 46.6 Å². The predicted molar refractivity (Wildman–Crippen MR) is 118 cm³/mol. The second-order valence-electron chi connectivity index (χ2n) is 11.0. The van der Waals surface area contributed by atoms with Crippen molar-refractivity contribution in [1.29, 1.82) is 0 Å². The first-order chi connectivity index (χ1) is 14.5. The number of ether oxygens (including phenoxy) is 4. The molecule has 6 atom stereocenters. The Kier molecular flexibility index (Phi) is 8.08. The maximum atomic E-state index is 11.9. The molecule has 0 aliphatic carbocycles. The molecule has 0 aromatic rings. The first-order valence-electron chi connectivity index (χ1n) is 11.6. The fourth-order valence-electron chi connectivity index (χ4n) is 4.87. The molecule has 2 rings (SSSR count). The zero-order chi connectivity index (χ0) is 24.5. The molecule has 32 heavy (non-hydrogen) atoms. The van der Waals surface area contributed by atoms with Crippen LogP contribution in [0.25, 0.3) is 0 Å². The van der Waals surface area contributed by atoms with Gasteiger partial charge in [-0.05, 0) is 80.1 Å². The van der Waals surface area contributed by atoms with E-state index in [-0.39, 0.29) is 12.2 Å². The minimum absolute atomic E-state index is 0.363. The highest BCUT2D eigenvalue weighted by Crippen LogP contribution is 2.43. The Hall–Kier alpha value is -1.22. The van der Waals surface area contributed by atoms with Crippen molar-refractivity contribution in [3.63, 3.8) is 0 Å². The van der Waals surface area contributed by atoms with E-state index in [2.05, 4.69) is 0 Å². The molecule has 2 saturated heterocycles. The number of hydrogen-bond acceptors (Lipinski definition) is 8. The number of esters is 2. The number of carbonyl (C=O) groups excluding carboxylic acids is 2. The maximum Gasteiger partial charge on any atom is 0.303 e. The molecule has 0 spiro atoms. The molecular weight excluding hydrogens is 416 g/mol. The summed E-state index contributed by atoms with van der Waals surface area (Å²) in [6.45, 7) is 13.3. The fourth-order valence-corrected chi connectivity index (χ4v) is 4.87. The number of carbonyl (C=O) groups is 2. The lowest BCUT2D eigenvalue weighted by Crippen LogP contribution is -2.48. The Morgan fingerprint density at radius 1 is 0.844 bits per heavy atom.